The van der Waals surface area contributed by atoms with Crippen LogP contribution in [0.15, 0.2) is 4.99 Å². The molecule has 3 aliphatic heterocycles. The van der Waals surface area contributed by atoms with Crippen LogP contribution in [0.4, 0.5) is 0 Å². The third-order valence-electron chi connectivity index (χ3n) is 5.25. The van der Waals surface area contributed by atoms with Crippen molar-refractivity contribution in [2.45, 2.75) is 31.5 Å². The number of hydrogen-bond acceptors (Lipinski definition) is 5. The predicted molar refractivity (Wildman–Crippen MR) is 112 cm³/mol. The van der Waals surface area contributed by atoms with E-state index in [2.05, 4.69) is 15.2 Å². The van der Waals surface area contributed by atoms with E-state index >= 15 is 0 Å². The molecule has 8 nitrogen and oxygen atoms in total. The molecule has 3 fully saturated rings. The largest absolute Gasteiger partial charge is 0.375 e. The normalized spacial score (nSPS) is 31.1. The summed E-state index contributed by atoms with van der Waals surface area (Å²) in [6, 6.07) is 0. The minimum Gasteiger partial charge on any atom is -0.375 e. The molecule has 3 unspecified atom stereocenters. The summed E-state index contributed by atoms with van der Waals surface area (Å²) >= 11 is 0. The van der Waals surface area contributed by atoms with Crippen LogP contribution in [0.1, 0.15) is 19.3 Å². The molecule has 0 saturated carbocycles. The third kappa shape index (κ3) is 5.66. The van der Waals surface area contributed by atoms with Crippen LogP contribution in [0, 0.1) is 5.92 Å². The summed E-state index contributed by atoms with van der Waals surface area (Å²) in [5.41, 5.74) is 0. The predicted octanol–water partition coefficient (Wildman–Crippen LogP) is 0.341. The summed E-state index contributed by atoms with van der Waals surface area (Å²) in [7, 11) is -1.29. The fourth-order valence-electron chi connectivity index (χ4n) is 3.82. The fourth-order valence-corrected chi connectivity index (χ4v) is 4.74. The van der Waals surface area contributed by atoms with Crippen molar-refractivity contribution in [1.29, 1.82) is 0 Å². The Kier molecular flexibility index (Phi) is 8.38. The Hall–Kier alpha value is -0.170. The molecule has 3 atom stereocenters. The molecule has 0 aromatic rings. The molecule has 152 valence electrons. The molecular weight excluding hydrogens is 471 g/mol. The molecule has 0 radical (unpaired) electrons. The van der Waals surface area contributed by atoms with Gasteiger partial charge >= 0.3 is 0 Å². The number of ether oxygens (including phenoxy) is 2. The van der Waals surface area contributed by atoms with Crippen molar-refractivity contribution in [3.05, 3.63) is 0 Å². The van der Waals surface area contributed by atoms with Crippen LogP contribution >= 0.6 is 24.0 Å². The first-order chi connectivity index (χ1) is 12.0. The molecule has 0 aliphatic carbocycles. The van der Waals surface area contributed by atoms with Gasteiger partial charge in [0.1, 0.15) is 6.10 Å². The maximum absolute atomic E-state index is 11.6. The molecule has 3 aliphatic rings. The quantitative estimate of drug-likeness (QED) is 0.339. The van der Waals surface area contributed by atoms with Crippen molar-refractivity contribution in [2.24, 2.45) is 10.9 Å². The number of rotatable bonds is 4. The Morgan fingerprint density at radius 2 is 1.92 bits per heavy atom. The average Bonchev–Trinajstić information content (AvgIpc) is 3.27. The van der Waals surface area contributed by atoms with Gasteiger partial charge < -0.3 is 19.7 Å². The van der Waals surface area contributed by atoms with Crippen LogP contribution in [-0.2, 0) is 19.5 Å². The number of halogens is 1. The zero-order chi connectivity index (χ0) is 17.9. The van der Waals surface area contributed by atoms with Crippen molar-refractivity contribution in [3.63, 3.8) is 0 Å². The Labute approximate surface area is 173 Å². The molecule has 0 aromatic carbocycles. The maximum Gasteiger partial charge on any atom is 0.211 e. The van der Waals surface area contributed by atoms with E-state index in [0.29, 0.717) is 25.6 Å². The van der Waals surface area contributed by atoms with Crippen molar-refractivity contribution < 1.29 is 17.9 Å². The second-order valence-electron chi connectivity index (χ2n) is 7.11. The number of nitrogens with zero attached hydrogens (tertiary/aromatic N) is 3. The third-order valence-corrected chi connectivity index (χ3v) is 6.52. The molecule has 26 heavy (non-hydrogen) atoms. The van der Waals surface area contributed by atoms with Crippen molar-refractivity contribution in [3.8, 4) is 0 Å². The van der Waals surface area contributed by atoms with Gasteiger partial charge in [0.25, 0.3) is 0 Å². The van der Waals surface area contributed by atoms with Crippen molar-refractivity contribution in [2.75, 3.05) is 59.2 Å². The van der Waals surface area contributed by atoms with E-state index in [0.717, 1.165) is 51.5 Å². The van der Waals surface area contributed by atoms with E-state index in [1.54, 1.807) is 11.4 Å². The molecule has 0 aromatic heterocycles. The van der Waals surface area contributed by atoms with Gasteiger partial charge in [-0.25, -0.2) is 12.7 Å². The summed E-state index contributed by atoms with van der Waals surface area (Å²) in [6.07, 6.45) is 4.63. The van der Waals surface area contributed by atoms with Gasteiger partial charge in [-0.05, 0) is 25.2 Å². The Morgan fingerprint density at radius 3 is 2.54 bits per heavy atom. The molecule has 1 N–H and O–H groups in total. The fraction of sp³-hybridized carbons (Fsp3) is 0.938. The minimum atomic E-state index is -3.08. The van der Waals surface area contributed by atoms with Crippen molar-refractivity contribution in [1.82, 2.24) is 14.5 Å². The van der Waals surface area contributed by atoms with Crippen LogP contribution in [0.5, 0.6) is 0 Å². The van der Waals surface area contributed by atoms with Crippen LogP contribution in [0.25, 0.3) is 0 Å². The molecular formula is C16H31IN4O4S. The summed E-state index contributed by atoms with van der Waals surface area (Å²) in [5.74, 6) is 1.19. The molecule has 0 spiro atoms. The molecule has 10 heteroatoms. The molecule has 0 amide bonds. The molecule has 3 heterocycles. The number of morpholine rings is 1. The van der Waals surface area contributed by atoms with E-state index in [1.807, 2.05) is 0 Å². The standard InChI is InChI=1S/C16H30N4O4S.HI/c1-17-16(18-10-13-5-6-20(11-13)25(2,21)22)19-7-9-24-15(12-19)14-4-3-8-23-14;/h13-15H,3-12H2,1-2H3,(H,17,18);1H. The highest BCUT2D eigenvalue weighted by Crippen LogP contribution is 2.21. The first kappa shape index (κ1) is 22.1. The number of aliphatic imine (C=N–C) groups is 1. The van der Waals surface area contributed by atoms with Gasteiger partial charge in [-0.1, -0.05) is 0 Å². The smallest absolute Gasteiger partial charge is 0.211 e. The van der Waals surface area contributed by atoms with Gasteiger partial charge in [0, 0.05) is 46.4 Å². The van der Waals surface area contributed by atoms with Crippen LogP contribution < -0.4 is 5.32 Å². The van der Waals surface area contributed by atoms with Crippen LogP contribution in [-0.4, -0.2) is 95.0 Å². The number of sulfonamides is 1. The second kappa shape index (κ2) is 9.85. The number of nitrogens with one attached hydrogen (secondary N) is 1. The summed E-state index contributed by atoms with van der Waals surface area (Å²) < 4.78 is 36.5. The van der Waals surface area contributed by atoms with E-state index in [9.17, 15) is 8.42 Å². The first-order valence-electron chi connectivity index (χ1n) is 9.11. The monoisotopic (exact) mass is 502 g/mol. The minimum absolute atomic E-state index is 0. The average molecular weight is 502 g/mol. The molecule has 3 saturated heterocycles. The topological polar surface area (TPSA) is 83.5 Å². The lowest BCUT2D eigenvalue weighted by molar-refractivity contribution is -0.0817. The van der Waals surface area contributed by atoms with Gasteiger partial charge in [-0.2, -0.15) is 0 Å². The maximum atomic E-state index is 11.6. The van der Waals surface area contributed by atoms with Gasteiger partial charge in [0.15, 0.2) is 5.96 Å². The summed E-state index contributed by atoms with van der Waals surface area (Å²) in [6.45, 7) is 5.04. The van der Waals surface area contributed by atoms with E-state index < -0.39 is 10.0 Å². The molecule has 3 rings (SSSR count). The summed E-state index contributed by atoms with van der Waals surface area (Å²) in [4.78, 5) is 6.63. The highest BCUT2D eigenvalue weighted by molar-refractivity contribution is 14.0. The van der Waals surface area contributed by atoms with Crippen LogP contribution in [0.3, 0.4) is 0 Å². The SMILES string of the molecule is CN=C(NCC1CCN(S(C)(=O)=O)C1)N1CCOC(C2CCCO2)C1.I. The second-order valence-corrected chi connectivity index (χ2v) is 9.09. The van der Waals surface area contributed by atoms with Crippen molar-refractivity contribution >= 4 is 40.0 Å². The highest BCUT2D eigenvalue weighted by atomic mass is 127. The lowest BCUT2D eigenvalue weighted by atomic mass is 10.1. The summed E-state index contributed by atoms with van der Waals surface area (Å²) in [5, 5.41) is 3.42. The van der Waals surface area contributed by atoms with E-state index in [4.69, 9.17) is 9.47 Å². The van der Waals surface area contributed by atoms with E-state index in [1.165, 1.54) is 6.26 Å². The lowest BCUT2D eigenvalue weighted by Crippen LogP contribution is -2.53. The molecule has 0 bridgehead atoms. The zero-order valence-corrected chi connectivity index (χ0v) is 18.7. The Balaban J connectivity index is 0.00000243. The highest BCUT2D eigenvalue weighted by Gasteiger charge is 2.33. The van der Waals surface area contributed by atoms with Gasteiger partial charge in [-0.3, -0.25) is 4.99 Å². The van der Waals surface area contributed by atoms with Crippen LogP contribution in [0.2, 0.25) is 0 Å². The number of guanidine groups is 1. The lowest BCUT2D eigenvalue weighted by Gasteiger charge is -2.37. The number of hydrogen-bond donors (Lipinski definition) is 1. The zero-order valence-electron chi connectivity index (χ0n) is 15.6. The van der Waals surface area contributed by atoms with Gasteiger partial charge in [0.2, 0.25) is 10.0 Å². The van der Waals surface area contributed by atoms with Gasteiger partial charge in [-0.15, -0.1) is 24.0 Å². The van der Waals surface area contributed by atoms with E-state index in [-0.39, 0.29) is 36.2 Å². The Bertz CT molecular complexity index is 583. The first-order valence-corrected chi connectivity index (χ1v) is 11.0. The Morgan fingerprint density at radius 1 is 1.15 bits per heavy atom. The van der Waals surface area contributed by atoms with Gasteiger partial charge in [0.05, 0.1) is 19.0 Å².